The molecular formula is C8H12N2. The van der Waals surface area contributed by atoms with Crippen molar-refractivity contribution in [3.8, 4) is 0 Å². The van der Waals surface area contributed by atoms with E-state index in [1.807, 2.05) is 0 Å². The molecule has 0 amide bonds. The fraction of sp³-hybridized carbons (Fsp3) is 0.625. The van der Waals surface area contributed by atoms with Crippen molar-refractivity contribution in [1.82, 2.24) is 5.32 Å². The van der Waals surface area contributed by atoms with Gasteiger partial charge in [-0.1, -0.05) is 12.2 Å². The van der Waals surface area contributed by atoms with Gasteiger partial charge in [0.25, 0.3) is 0 Å². The maximum Gasteiger partial charge on any atom is 0.0570 e. The van der Waals surface area contributed by atoms with Gasteiger partial charge in [0.2, 0.25) is 0 Å². The van der Waals surface area contributed by atoms with Gasteiger partial charge >= 0.3 is 0 Å². The summed E-state index contributed by atoms with van der Waals surface area (Å²) in [5, 5.41) is 3.32. The van der Waals surface area contributed by atoms with Crippen LogP contribution < -0.4 is 5.32 Å². The minimum atomic E-state index is 0.662. The molecule has 2 nitrogen and oxygen atoms in total. The fourth-order valence-corrected chi connectivity index (χ4v) is 1.55. The molecule has 0 aromatic rings. The van der Waals surface area contributed by atoms with Gasteiger partial charge in [-0.2, -0.15) is 0 Å². The first-order valence-corrected chi connectivity index (χ1v) is 3.87. The lowest BCUT2D eigenvalue weighted by atomic mass is 9.94. The van der Waals surface area contributed by atoms with Crippen LogP contribution in [0.2, 0.25) is 0 Å². The number of dihydropyridines is 1. The maximum absolute atomic E-state index is 4.42. The summed E-state index contributed by atoms with van der Waals surface area (Å²) >= 11 is 0. The van der Waals surface area contributed by atoms with Crippen LogP contribution in [0.15, 0.2) is 17.1 Å². The van der Waals surface area contributed by atoms with Crippen LogP contribution in [0.25, 0.3) is 0 Å². The second kappa shape index (κ2) is 2.54. The number of allylic oxidation sites excluding steroid dienone is 1. The Bertz CT molecular complexity index is 182. The van der Waals surface area contributed by atoms with E-state index in [0.717, 1.165) is 19.6 Å². The summed E-state index contributed by atoms with van der Waals surface area (Å²) in [5.74, 6) is 0.662. The highest BCUT2D eigenvalue weighted by Crippen LogP contribution is 2.14. The minimum Gasteiger partial charge on any atom is -0.311 e. The van der Waals surface area contributed by atoms with Crippen LogP contribution in [0, 0.1) is 5.92 Å². The van der Waals surface area contributed by atoms with Crippen molar-refractivity contribution in [3.05, 3.63) is 12.2 Å². The van der Waals surface area contributed by atoms with Crippen LogP contribution in [0.4, 0.5) is 0 Å². The highest BCUT2D eigenvalue weighted by molar-refractivity contribution is 5.91. The Balaban J connectivity index is 2.13. The normalized spacial score (nSPS) is 31.2. The topological polar surface area (TPSA) is 24.4 Å². The highest BCUT2D eigenvalue weighted by atomic mass is 14.9. The zero-order valence-electron chi connectivity index (χ0n) is 6.01. The molecule has 0 saturated carbocycles. The maximum atomic E-state index is 4.42. The molecule has 1 atom stereocenters. The molecule has 0 aromatic carbocycles. The van der Waals surface area contributed by atoms with Gasteiger partial charge in [-0.05, 0) is 13.0 Å². The zero-order valence-corrected chi connectivity index (χ0v) is 6.01. The molecule has 0 aliphatic carbocycles. The standard InChI is InChI=1S/C8H12N2/c1-2-7-3-5-9-6-8(7)10-4-1/h1-2,7,9H,3-6H2. The Labute approximate surface area is 61.0 Å². The van der Waals surface area contributed by atoms with Crippen LogP contribution >= 0.6 is 0 Å². The molecule has 0 spiro atoms. The molecule has 1 saturated heterocycles. The third-order valence-corrected chi connectivity index (χ3v) is 2.13. The largest absolute Gasteiger partial charge is 0.311 e. The van der Waals surface area contributed by atoms with Gasteiger partial charge < -0.3 is 5.32 Å². The number of aliphatic imine (C=N–C) groups is 1. The average molecular weight is 136 g/mol. The molecule has 0 bridgehead atoms. The van der Waals surface area contributed by atoms with E-state index in [1.165, 1.54) is 12.1 Å². The molecule has 1 N–H and O–H groups in total. The van der Waals surface area contributed by atoms with Gasteiger partial charge in [0.1, 0.15) is 0 Å². The van der Waals surface area contributed by atoms with E-state index in [2.05, 4.69) is 22.5 Å². The average Bonchev–Trinajstić information content (AvgIpc) is 2.05. The molecule has 1 fully saturated rings. The van der Waals surface area contributed by atoms with Crippen LogP contribution in [-0.4, -0.2) is 25.3 Å². The second-order valence-corrected chi connectivity index (χ2v) is 2.83. The van der Waals surface area contributed by atoms with Crippen molar-refractivity contribution >= 4 is 5.71 Å². The molecular weight excluding hydrogens is 124 g/mol. The molecule has 10 heavy (non-hydrogen) atoms. The predicted molar refractivity (Wildman–Crippen MR) is 42.4 cm³/mol. The highest BCUT2D eigenvalue weighted by Gasteiger charge is 2.18. The van der Waals surface area contributed by atoms with Crippen molar-refractivity contribution in [2.75, 3.05) is 19.6 Å². The van der Waals surface area contributed by atoms with E-state index < -0.39 is 0 Å². The zero-order chi connectivity index (χ0) is 6.81. The Kier molecular flexibility index (Phi) is 1.55. The van der Waals surface area contributed by atoms with E-state index in [4.69, 9.17) is 0 Å². The summed E-state index contributed by atoms with van der Waals surface area (Å²) in [7, 11) is 0. The number of hydrogen-bond acceptors (Lipinski definition) is 2. The summed E-state index contributed by atoms with van der Waals surface area (Å²) in [6.45, 7) is 3.05. The molecule has 2 heteroatoms. The van der Waals surface area contributed by atoms with E-state index in [9.17, 15) is 0 Å². The number of piperidine rings is 1. The molecule has 54 valence electrons. The molecule has 1 unspecified atom stereocenters. The molecule has 2 aliphatic rings. The van der Waals surface area contributed by atoms with E-state index in [0.29, 0.717) is 5.92 Å². The van der Waals surface area contributed by atoms with Gasteiger partial charge in [0.05, 0.1) is 6.54 Å². The molecule has 0 aromatic heterocycles. The van der Waals surface area contributed by atoms with Gasteiger partial charge in [0.15, 0.2) is 0 Å². The molecule has 2 rings (SSSR count). The van der Waals surface area contributed by atoms with Crippen LogP contribution in [0.1, 0.15) is 6.42 Å². The molecule has 0 radical (unpaired) electrons. The fourth-order valence-electron chi connectivity index (χ4n) is 1.55. The Morgan fingerprint density at radius 1 is 1.60 bits per heavy atom. The lowest BCUT2D eigenvalue weighted by Crippen LogP contribution is -2.37. The van der Waals surface area contributed by atoms with Crippen molar-refractivity contribution < 1.29 is 0 Å². The SMILES string of the molecule is C1=CC2CCNCC2=NC1. The second-order valence-electron chi connectivity index (χ2n) is 2.83. The Morgan fingerprint density at radius 3 is 3.50 bits per heavy atom. The lowest BCUT2D eigenvalue weighted by molar-refractivity contribution is 0.598. The Hall–Kier alpha value is -0.630. The number of rotatable bonds is 0. The first-order valence-electron chi connectivity index (χ1n) is 3.87. The number of nitrogens with zero attached hydrogens (tertiary/aromatic N) is 1. The van der Waals surface area contributed by atoms with Crippen molar-refractivity contribution in [2.45, 2.75) is 6.42 Å². The third kappa shape index (κ3) is 0.991. The van der Waals surface area contributed by atoms with Gasteiger partial charge in [0, 0.05) is 18.2 Å². The van der Waals surface area contributed by atoms with Crippen LogP contribution in [0.3, 0.4) is 0 Å². The quantitative estimate of drug-likeness (QED) is 0.485. The summed E-state index contributed by atoms with van der Waals surface area (Å²) in [6, 6.07) is 0. The first kappa shape index (κ1) is 6.10. The van der Waals surface area contributed by atoms with Crippen LogP contribution in [-0.2, 0) is 0 Å². The summed E-state index contributed by atoms with van der Waals surface area (Å²) in [6.07, 6.45) is 5.69. The van der Waals surface area contributed by atoms with Gasteiger partial charge in [-0.25, -0.2) is 0 Å². The van der Waals surface area contributed by atoms with Gasteiger partial charge in [-0.3, -0.25) is 4.99 Å². The van der Waals surface area contributed by atoms with Crippen LogP contribution in [0.5, 0.6) is 0 Å². The van der Waals surface area contributed by atoms with Crippen molar-refractivity contribution in [2.24, 2.45) is 10.9 Å². The summed E-state index contributed by atoms with van der Waals surface area (Å²) in [4.78, 5) is 4.42. The summed E-state index contributed by atoms with van der Waals surface area (Å²) in [5.41, 5.74) is 1.36. The Morgan fingerprint density at radius 2 is 2.60 bits per heavy atom. The third-order valence-electron chi connectivity index (χ3n) is 2.13. The predicted octanol–water partition coefficient (Wildman–Crippen LogP) is 0.607. The van der Waals surface area contributed by atoms with Crippen molar-refractivity contribution in [1.29, 1.82) is 0 Å². The molecule has 2 aliphatic heterocycles. The minimum absolute atomic E-state index is 0.662. The number of fused-ring (bicyclic) bond motifs is 1. The van der Waals surface area contributed by atoms with E-state index >= 15 is 0 Å². The van der Waals surface area contributed by atoms with Crippen molar-refractivity contribution in [3.63, 3.8) is 0 Å². The number of hydrogen-bond donors (Lipinski definition) is 1. The molecule has 2 heterocycles. The van der Waals surface area contributed by atoms with E-state index in [1.54, 1.807) is 0 Å². The van der Waals surface area contributed by atoms with E-state index in [-0.39, 0.29) is 0 Å². The smallest absolute Gasteiger partial charge is 0.0570 e. The monoisotopic (exact) mass is 136 g/mol. The lowest BCUT2D eigenvalue weighted by Gasteiger charge is -2.24. The number of nitrogens with one attached hydrogen (secondary N) is 1. The van der Waals surface area contributed by atoms with Gasteiger partial charge in [-0.15, -0.1) is 0 Å². The summed E-state index contributed by atoms with van der Waals surface area (Å²) < 4.78 is 0. The first-order chi connectivity index (χ1) is 4.97.